The fraction of sp³-hybridized carbons (Fsp3) is 0.625. The largest absolute Gasteiger partial charge is 0.310 e. The lowest BCUT2D eigenvalue weighted by Crippen LogP contribution is -2.29. The molecule has 2 N–H and O–H groups in total. The minimum Gasteiger partial charge on any atom is -0.310 e. The van der Waals surface area contributed by atoms with E-state index in [1.54, 1.807) is 12.1 Å². The molecule has 1 fully saturated rings. The highest BCUT2D eigenvalue weighted by Gasteiger charge is 2.23. The summed E-state index contributed by atoms with van der Waals surface area (Å²) in [4.78, 5) is 0.395. The molecule has 1 aromatic rings. The van der Waals surface area contributed by atoms with Crippen LogP contribution in [-0.4, -0.2) is 21.0 Å². The molecule has 21 heavy (non-hydrogen) atoms. The van der Waals surface area contributed by atoms with Crippen LogP contribution in [0.2, 0.25) is 0 Å². The summed E-state index contributed by atoms with van der Waals surface area (Å²) >= 11 is 0. The summed E-state index contributed by atoms with van der Waals surface area (Å²) in [7, 11) is -3.43. The summed E-state index contributed by atoms with van der Waals surface area (Å²) < 4.78 is 27.6. The molecule has 0 saturated heterocycles. The van der Waals surface area contributed by atoms with E-state index in [9.17, 15) is 8.42 Å². The maximum Gasteiger partial charge on any atom is 0.240 e. The van der Waals surface area contributed by atoms with E-state index in [2.05, 4.69) is 30.8 Å². The molecule has 0 unspecified atom stereocenters. The summed E-state index contributed by atoms with van der Waals surface area (Å²) in [6.45, 7) is 7.40. The van der Waals surface area contributed by atoms with Crippen molar-refractivity contribution in [3.63, 3.8) is 0 Å². The molecule has 1 saturated carbocycles. The average Bonchev–Trinajstić information content (AvgIpc) is 3.19. The lowest BCUT2D eigenvalue weighted by molar-refractivity contribution is 0.378. The van der Waals surface area contributed by atoms with Gasteiger partial charge in [0.15, 0.2) is 0 Å². The van der Waals surface area contributed by atoms with Crippen molar-refractivity contribution >= 4 is 10.0 Å². The van der Waals surface area contributed by atoms with Crippen molar-refractivity contribution in [2.75, 3.05) is 6.54 Å². The first-order valence-corrected chi connectivity index (χ1v) is 9.07. The van der Waals surface area contributed by atoms with E-state index in [4.69, 9.17) is 0 Å². The Balaban J connectivity index is 2.03. The molecule has 0 radical (unpaired) electrons. The van der Waals surface area contributed by atoms with Gasteiger partial charge in [-0.1, -0.05) is 39.0 Å². The molecular weight excluding hydrogens is 284 g/mol. The van der Waals surface area contributed by atoms with Crippen LogP contribution in [0.4, 0.5) is 0 Å². The molecule has 5 heteroatoms. The Labute approximate surface area is 128 Å². The summed E-state index contributed by atoms with van der Waals surface area (Å²) in [6.07, 6.45) is 3.20. The Morgan fingerprint density at radius 3 is 2.48 bits per heavy atom. The first kappa shape index (κ1) is 16.5. The molecule has 0 bridgehead atoms. The Bertz CT molecular complexity index is 572. The van der Waals surface area contributed by atoms with Gasteiger partial charge in [0.2, 0.25) is 10.0 Å². The molecule has 1 aliphatic carbocycles. The first-order chi connectivity index (χ1) is 9.78. The number of hydrogen-bond acceptors (Lipinski definition) is 3. The first-order valence-electron chi connectivity index (χ1n) is 7.59. The van der Waals surface area contributed by atoms with Crippen molar-refractivity contribution in [3.8, 4) is 0 Å². The second-order valence-electron chi connectivity index (χ2n) is 6.97. The number of hydrogen-bond donors (Lipinski definition) is 2. The van der Waals surface area contributed by atoms with Gasteiger partial charge in [-0.05, 0) is 36.3 Å². The molecule has 118 valence electrons. The van der Waals surface area contributed by atoms with Crippen LogP contribution in [0.5, 0.6) is 0 Å². The minimum absolute atomic E-state index is 0.121. The summed E-state index contributed by atoms with van der Waals surface area (Å²) in [5, 5.41) is 3.37. The van der Waals surface area contributed by atoms with Crippen molar-refractivity contribution < 1.29 is 8.42 Å². The number of sulfonamides is 1. The molecule has 2 rings (SSSR count). The van der Waals surface area contributed by atoms with Gasteiger partial charge in [-0.3, -0.25) is 0 Å². The van der Waals surface area contributed by atoms with E-state index in [1.807, 2.05) is 12.1 Å². The van der Waals surface area contributed by atoms with Gasteiger partial charge in [0, 0.05) is 19.1 Å². The van der Waals surface area contributed by atoms with E-state index in [-0.39, 0.29) is 5.41 Å². The van der Waals surface area contributed by atoms with Crippen molar-refractivity contribution in [2.45, 2.75) is 57.5 Å². The molecule has 0 aromatic heterocycles. The molecule has 4 nitrogen and oxygen atoms in total. The summed E-state index contributed by atoms with van der Waals surface area (Å²) in [6, 6.07) is 7.79. The molecule has 1 aliphatic rings. The van der Waals surface area contributed by atoms with Crippen molar-refractivity contribution in [1.82, 2.24) is 10.0 Å². The third-order valence-corrected chi connectivity index (χ3v) is 5.15. The zero-order valence-electron chi connectivity index (χ0n) is 13.1. The Kier molecular flexibility index (Phi) is 5.07. The van der Waals surface area contributed by atoms with Crippen molar-refractivity contribution in [3.05, 3.63) is 29.8 Å². The molecule has 0 spiro atoms. The average molecular weight is 310 g/mol. The van der Waals surface area contributed by atoms with Gasteiger partial charge in [0.1, 0.15) is 0 Å². The van der Waals surface area contributed by atoms with Gasteiger partial charge < -0.3 is 5.32 Å². The predicted octanol–water partition coefficient (Wildman–Crippen LogP) is 2.65. The van der Waals surface area contributed by atoms with E-state index >= 15 is 0 Å². The zero-order valence-corrected chi connectivity index (χ0v) is 14.0. The van der Waals surface area contributed by atoms with E-state index in [0.29, 0.717) is 24.0 Å². The zero-order chi connectivity index (χ0) is 15.5. The highest BCUT2D eigenvalue weighted by Crippen LogP contribution is 2.22. The smallest absolute Gasteiger partial charge is 0.240 e. The Morgan fingerprint density at radius 1 is 1.19 bits per heavy atom. The van der Waals surface area contributed by atoms with Crippen LogP contribution < -0.4 is 10.0 Å². The standard InChI is InChI=1S/C16H26N2O2S/c1-16(2,3)10-11-18-21(19,20)15-7-5-4-6-13(15)12-17-14-8-9-14/h4-7,14,17-18H,8-12H2,1-3H3. The molecule has 1 aromatic carbocycles. The van der Waals surface area contributed by atoms with Gasteiger partial charge in [-0.25, -0.2) is 13.1 Å². The Hall–Kier alpha value is -0.910. The van der Waals surface area contributed by atoms with Gasteiger partial charge in [0.05, 0.1) is 4.90 Å². The highest BCUT2D eigenvalue weighted by molar-refractivity contribution is 7.89. The van der Waals surface area contributed by atoms with Crippen LogP contribution in [-0.2, 0) is 16.6 Å². The minimum atomic E-state index is -3.43. The molecule has 0 aliphatic heterocycles. The fourth-order valence-electron chi connectivity index (χ4n) is 2.09. The van der Waals surface area contributed by atoms with Gasteiger partial charge in [-0.2, -0.15) is 0 Å². The normalized spacial score (nSPS) is 16.1. The van der Waals surface area contributed by atoms with Crippen LogP contribution >= 0.6 is 0 Å². The monoisotopic (exact) mass is 310 g/mol. The maximum absolute atomic E-state index is 12.5. The van der Waals surface area contributed by atoms with Gasteiger partial charge in [-0.15, -0.1) is 0 Å². The number of benzene rings is 1. The van der Waals surface area contributed by atoms with Crippen LogP contribution in [0.25, 0.3) is 0 Å². The van der Waals surface area contributed by atoms with Crippen molar-refractivity contribution in [1.29, 1.82) is 0 Å². The number of nitrogens with one attached hydrogen (secondary N) is 2. The van der Waals surface area contributed by atoms with Crippen LogP contribution in [0, 0.1) is 5.41 Å². The lowest BCUT2D eigenvalue weighted by atomic mass is 9.93. The van der Waals surface area contributed by atoms with Crippen LogP contribution in [0.1, 0.15) is 45.6 Å². The maximum atomic E-state index is 12.5. The third-order valence-electron chi connectivity index (χ3n) is 3.59. The quantitative estimate of drug-likeness (QED) is 0.814. The van der Waals surface area contributed by atoms with E-state index < -0.39 is 10.0 Å². The highest BCUT2D eigenvalue weighted by atomic mass is 32.2. The summed E-state index contributed by atoms with van der Waals surface area (Å²) in [5.41, 5.74) is 0.961. The van der Waals surface area contributed by atoms with Crippen molar-refractivity contribution in [2.24, 2.45) is 5.41 Å². The van der Waals surface area contributed by atoms with E-state index in [0.717, 1.165) is 12.0 Å². The third kappa shape index (κ3) is 5.41. The molecule has 0 atom stereocenters. The SMILES string of the molecule is CC(C)(C)CCNS(=O)(=O)c1ccccc1CNC1CC1. The Morgan fingerprint density at radius 2 is 1.86 bits per heavy atom. The fourth-order valence-corrected chi connectivity index (χ4v) is 3.36. The molecular formula is C16H26N2O2S. The van der Waals surface area contributed by atoms with Gasteiger partial charge >= 0.3 is 0 Å². The molecule has 0 amide bonds. The van der Waals surface area contributed by atoms with E-state index in [1.165, 1.54) is 12.8 Å². The predicted molar refractivity (Wildman–Crippen MR) is 85.6 cm³/mol. The van der Waals surface area contributed by atoms with Crippen LogP contribution in [0.3, 0.4) is 0 Å². The summed E-state index contributed by atoms with van der Waals surface area (Å²) in [5.74, 6) is 0. The lowest BCUT2D eigenvalue weighted by Gasteiger charge is -2.18. The second kappa shape index (κ2) is 6.46. The number of rotatable bonds is 7. The topological polar surface area (TPSA) is 58.2 Å². The van der Waals surface area contributed by atoms with Gasteiger partial charge in [0.25, 0.3) is 0 Å². The molecule has 0 heterocycles. The second-order valence-corrected chi connectivity index (χ2v) is 8.71. The van der Waals surface area contributed by atoms with Crippen LogP contribution in [0.15, 0.2) is 29.2 Å².